The predicted molar refractivity (Wildman–Crippen MR) is 123 cm³/mol. The zero-order valence-electron chi connectivity index (χ0n) is 17.7. The third kappa shape index (κ3) is 3.84. The monoisotopic (exact) mass is 431 g/mol. The first kappa shape index (κ1) is 20.2. The molecule has 0 saturated carbocycles. The predicted octanol–water partition coefficient (Wildman–Crippen LogP) is 5.60. The van der Waals surface area contributed by atoms with E-state index in [1.54, 1.807) is 28.8 Å². The van der Waals surface area contributed by atoms with Gasteiger partial charge in [0.25, 0.3) is 5.91 Å². The SMILES string of the molecule is CN1CCCc2ccc(NC(=O)c3cc4cc(F)ccc4n3Cc3cccc(F)c3)cc21. The van der Waals surface area contributed by atoms with E-state index in [1.807, 2.05) is 12.1 Å². The summed E-state index contributed by atoms with van der Waals surface area (Å²) in [5, 5.41) is 3.61. The normalized spacial score (nSPS) is 13.3. The number of halogens is 2. The highest BCUT2D eigenvalue weighted by atomic mass is 19.1. The van der Waals surface area contributed by atoms with Gasteiger partial charge in [0.15, 0.2) is 0 Å². The molecule has 5 rings (SSSR count). The molecular formula is C26H23F2N3O. The molecule has 0 spiro atoms. The number of fused-ring (bicyclic) bond motifs is 2. The number of aromatic nitrogens is 1. The van der Waals surface area contributed by atoms with Crippen molar-refractivity contribution in [3.8, 4) is 0 Å². The van der Waals surface area contributed by atoms with Gasteiger partial charge in [0.1, 0.15) is 17.3 Å². The Kier molecular flexibility index (Phi) is 5.13. The molecule has 0 aliphatic carbocycles. The summed E-state index contributed by atoms with van der Waals surface area (Å²) in [6.45, 7) is 1.28. The van der Waals surface area contributed by atoms with E-state index in [9.17, 15) is 13.6 Å². The molecule has 0 unspecified atom stereocenters. The number of carbonyl (C=O) groups is 1. The Hall–Kier alpha value is -3.67. The molecule has 1 aromatic heterocycles. The number of amides is 1. The molecule has 162 valence electrons. The van der Waals surface area contributed by atoms with E-state index >= 15 is 0 Å². The van der Waals surface area contributed by atoms with Crippen LogP contribution in [0.25, 0.3) is 10.9 Å². The van der Waals surface area contributed by atoms with Gasteiger partial charge >= 0.3 is 0 Å². The topological polar surface area (TPSA) is 37.3 Å². The number of aryl methyl sites for hydroxylation is 1. The van der Waals surface area contributed by atoms with Crippen LogP contribution < -0.4 is 10.2 Å². The van der Waals surface area contributed by atoms with E-state index in [2.05, 4.69) is 23.3 Å². The van der Waals surface area contributed by atoms with Gasteiger partial charge in [0.05, 0.1) is 0 Å². The summed E-state index contributed by atoms with van der Waals surface area (Å²) in [5.74, 6) is -1.00. The van der Waals surface area contributed by atoms with Crippen LogP contribution in [0, 0.1) is 11.6 Å². The number of nitrogens with one attached hydrogen (secondary N) is 1. The highest BCUT2D eigenvalue weighted by Crippen LogP contribution is 2.30. The first-order chi connectivity index (χ1) is 15.5. The number of hydrogen-bond acceptors (Lipinski definition) is 2. The summed E-state index contributed by atoms with van der Waals surface area (Å²) in [4.78, 5) is 15.5. The van der Waals surface area contributed by atoms with E-state index in [4.69, 9.17) is 0 Å². The van der Waals surface area contributed by atoms with Gasteiger partial charge in [0, 0.05) is 42.4 Å². The summed E-state index contributed by atoms with van der Waals surface area (Å²) >= 11 is 0. The quantitative estimate of drug-likeness (QED) is 0.457. The molecule has 4 aromatic rings. The molecule has 6 heteroatoms. The minimum Gasteiger partial charge on any atom is -0.374 e. The number of nitrogens with zero attached hydrogens (tertiary/aromatic N) is 2. The van der Waals surface area contributed by atoms with Crippen LogP contribution in [0.1, 0.15) is 28.0 Å². The van der Waals surface area contributed by atoms with Crippen molar-refractivity contribution in [2.24, 2.45) is 0 Å². The van der Waals surface area contributed by atoms with Gasteiger partial charge < -0.3 is 14.8 Å². The largest absolute Gasteiger partial charge is 0.374 e. The van der Waals surface area contributed by atoms with Crippen molar-refractivity contribution in [3.63, 3.8) is 0 Å². The molecule has 0 radical (unpaired) electrons. The Morgan fingerprint density at radius 2 is 1.84 bits per heavy atom. The maximum Gasteiger partial charge on any atom is 0.272 e. The van der Waals surface area contributed by atoms with E-state index < -0.39 is 0 Å². The third-order valence-electron chi connectivity index (χ3n) is 6.02. The number of hydrogen-bond donors (Lipinski definition) is 1. The fourth-order valence-corrected chi connectivity index (χ4v) is 4.45. The standard InChI is InChI=1S/C26H23F2N3O/c1-30-11-3-5-18-7-9-22(15-24(18)30)29-26(32)25-14-19-13-21(28)8-10-23(19)31(25)16-17-4-2-6-20(27)12-17/h2,4,6-10,12-15H,3,5,11,16H2,1H3,(H,29,32). The van der Waals surface area contributed by atoms with Crippen LogP contribution in [0.3, 0.4) is 0 Å². The molecule has 1 N–H and O–H groups in total. The molecule has 1 aliphatic rings. The van der Waals surface area contributed by atoms with Crippen LogP contribution in [-0.2, 0) is 13.0 Å². The molecule has 3 aromatic carbocycles. The highest BCUT2D eigenvalue weighted by molar-refractivity contribution is 6.06. The zero-order chi connectivity index (χ0) is 22.2. The highest BCUT2D eigenvalue weighted by Gasteiger charge is 2.19. The van der Waals surface area contributed by atoms with E-state index in [1.165, 1.54) is 29.8 Å². The minimum absolute atomic E-state index is 0.294. The van der Waals surface area contributed by atoms with Crippen LogP contribution in [0.5, 0.6) is 0 Å². The molecular weight excluding hydrogens is 408 g/mol. The summed E-state index contributed by atoms with van der Waals surface area (Å²) in [7, 11) is 2.05. The van der Waals surface area contributed by atoms with Gasteiger partial charge in [-0.3, -0.25) is 4.79 Å². The number of carbonyl (C=O) groups excluding carboxylic acids is 1. The first-order valence-corrected chi connectivity index (χ1v) is 10.7. The van der Waals surface area contributed by atoms with Gasteiger partial charge in [-0.15, -0.1) is 0 Å². The van der Waals surface area contributed by atoms with Crippen molar-refractivity contribution in [2.45, 2.75) is 19.4 Å². The van der Waals surface area contributed by atoms with Crippen molar-refractivity contribution in [2.75, 3.05) is 23.8 Å². The Morgan fingerprint density at radius 1 is 1.00 bits per heavy atom. The van der Waals surface area contributed by atoms with Crippen LogP contribution in [0.2, 0.25) is 0 Å². The van der Waals surface area contributed by atoms with Crippen LogP contribution >= 0.6 is 0 Å². The lowest BCUT2D eigenvalue weighted by atomic mass is 10.0. The second-order valence-corrected chi connectivity index (χ2v) is 8.27. The summed E-state index contributed by atoms with van der Waals surface area (Å²) in [6.07, 6.45) is 2.15. The van der Waals surface area contributed by atoms with Gasteiger partial charge in [-0.05, 0) is 72.5 Å². The molecule has 0 bridgehead atoms. The average Bonchev–Trinajstić information content (AvgIpc) is 3.12. The molecule has 2 heterocycles. The molecule has 0 atom stereocenters. The number of anilines is 2. The zero-order valence-corrected chi connectivity index (χ0v) is 17.7. The molecule has 1 amide bonds. The maximum absolute atomic E-state index is 13.8. The number of benzene rings is 3. The van der Waals surface area contributed by atoms with Crippen molar-refractivity contribution >= 4 is 28.2 Å². The second kappa shape index (κ2) is 8.11. The minimum atomic E-state index is -0.370. The lowest BCUT2D eigenvalue weighted by Gasteiger charge is -2.28. The lowest BCUT2D eigenvalue weighted by molar-refractivity contribution is 0.101. The van der Waals surface area contributed by atoms with Crippen LogP contribution in [-0.4, -0.2) is 24.1 Å². The van der Waals surface area contributed by atoms with Crippen LogP contribution in [0.15, 0.2) is 66.7 Å². The van der Waals surface area contributed by atoms with E-state index in [0.29, 0.717) is 28.8 Å². The summed E-state index contributed by atoms with van der Waals surface area (Å²) < 4.78 is 29.4. The van der Waals surface area contributed by atoms with Crippen molar-refractivity contribution in [1.82, 2.24) is 4.57 Å². The fourth-order valence-electron chi connectivity index (χ4n) is 4.45. The van der Waals surface area contributed by atoms with E-state index in [-0.39, 0.29) is 17.5 Å². The van der Waals surface area contributed by atoms with Gasteiger partial charge in [-0.2, -0.15) is 0 Å². The first-order valence-electron chi connectivity index (χ1n) is 10.7. The van der Waals surface area contributed by atoms with Gasteiger partial charge in [0.2, 0.25) is 0 Å². The Morgan fingerprint density at radius 3 is 2.69 bits per heavy atom. The lowest BCUT2D eigenvalue weighted by Crippen LogP contribution is -2.25. The second-order valence-electron chi connectivity index (χ2n) is 8.27. The molecule has 0 fully saturated rings. The summed E-state index contributed by atoms with van der Waals surface area (Å²) in [6, 6.07) is 18.3. The maximum atomic E-state index is 13.8. The third-order valence-corrected chi connectivity index (χ3v) is 6.02. The van der Waals surface area contributed by atoms with Crippen molar-refractivity contribution in [3.05, 3.63) is 95.2 Å². The smallest absolute Gasteiger partial charge is 0.272 e. The molecule has 1 aliphatic heterocycles. The molecule has 4 nitrogen and oxygen atoms in total. The van der Waals surface area contributed by atoms with E-state index in [0.717, 1.165) is 30.6 Å². The molecule has 0 saturated heterocycles. The average molecular weight is 431 g/mol. The fraction of sp³-hybridized carbons (Fsp3) is 0.192. The van der Waals surface area contributed by atoms with Crippen molar-refractivity contribution < 1.29 is 13.6 Å². The Balaban J connectivity index is 1.51. The Bertz CT molecular complexity index is 1330. The molecule has 32 heavy (non-hydrogen) atoms. The Labute approximate surface area is 185 Å². The van der Waals surface area contributed by atoms with Gasteiger partial charge in [-0.1, -0.05) is 18.2 Å². The summed E-state index contributed by atoms with van der Waals surface area (Å²) in [5.41, 5.74) is 4.92. The number of rotatable bonds is 4. The van der Waals surface area contributed by atoms with Crippen LogP contribution in [0.4, 0.5) is 20.2 Å². The van der Waals surface area contributed by atoms with Crippen molar-refractivity contribution in [1.29, 1.82) is 0 Å². The van der Waals surface area contributed by atoms with Gasteiger partial charge in [-0.25, -0.2) is 8.78 Å².